The lowest BCUT2D eigenvalue weighted by atomic mass is 10.1. The smallest absolute Gasteiger partial charge is 0.142 e. The fourth-order valence-electron chi connectivity index (χ4n) is 1.92. The van der Waals surface area contributed by atoms with Gasteiger partial charge in [0, 0.05) is 15.6 Å². The molecule has 2 aromatic carbocycles. The zero-order valence-corrected chi connectivity index (χ0v) is 14.5. The van der Waals surface area contributed by atoms with Crippen LogP contribution < -0.4 is 10.1 Å². The predicted molar refractivity (Wildman–Crippen MR) is 89.2 cm³/mol. The monoisotopic (exact) mass is 391 g/mol. The molecule has 21 heavy (non-hydrogen) atoms. The maximum Gasteiger partial charge on any atom is 0.142 e. The summed E-state index contributed by atoms with van der Waals surface area (Å²) < 4.78 is 19.7. The van der Waals surface area contributed by atoms with Gasteiger partial charge in [-0.05, 0) is 52.7 Å². The summed E-state index contributed by atoms with van der Waals surface area (Å²) in [6.45, 7) is 1.89. The van der Waals surface area contributed by atoms with Gasteiger partial charge in [0.05, 0.1) is 23.9 Å². The number of halogens is 4. The molecule has 0 spiro atoms. The molecule has 0 radical (unpaired) electrons. The number of hydrogen-bond donors (Lipinski definition) is 1. The van der Waals surface area contributed by atoms with Gasteiger partial charge in [-0.25, -0.2) is 4.39 Å². The standard InChI is InChI=1S/C15H13BrCl2FNO/c1-8(10-6-14(19)13(18)7-12(10)17)20-15-5-9(21-2)3-4-11(15)16/h3-8,20H,1-2H3. The van der Waals surface area contributed by atoms with Crippen molar-refractivity contribution in [2.24, 2.45) is 0 Å². The molecular weight excluding hydrogens is 380 g/mol. The third kappa shape index (κ3) is 3.82. The highest BCUT2D eigenvalue weighted by Crippen LogP contribution is 2.33. The Kier molecular flexibility index (Phi) is 5.36. The van der Waals surface area contributed by atoms with Crippen molar-refractivity contribution in [3.8, 4) is 5.75 Å². The van der Waals surface area contributed by atoms with Crippen molar-refractivity contribution in [2.75, 3.05) is 12.4 Å². The molecule has 0 aliphatic heterocycles. The predicted octanol–water partition coefficient (Wildman–Crippen LogP) is 6.08. The average molecular weight is 393 g/mol. The Morgan fingerprint density at radius 1 is 1.19 bits per heavy atom. The van der Waals surface area contributed by atoms with Crippen LogP contribution in [-0.4, -0.2) is 7.11 Å². The van der Waals surface area contributed by atoms with Crippen LogP contribution in [0.1, 0.15) is 18.5 Å². The minimum atomic E-state index is -0.491. The van der Waals surface area contributed by atoms with Gasteiger partial charge < -0.3 is 10.1 Å². The molecule has 1 unspecified atom stereocenters. The molecule has 0 saturated carbocycles. The Morgan fingerprint density at radius 3 is 2.57 bits per heavy atom. The molecule has 1 atom stereocenters. The van der Waals surface area contributed by atoms with Gasteiger partial charge in [0.1, 0.15) is 11.6 Å². The molecule has 0 heterocycles. The van der Waals surface area contributed by atoms with Crippen LogP contribution in [0.15, 0.2) is 34.8 Å². The lowest BCUT2D eigenvalue weighted by molar-refractivity contribution is 0.415. The van der Waals surface area contributed by atoms with Gasteiger partial charge in [0.25, 0.3) is 0 Å². The van der Waals surface area contributed by atoms with Gasteiger partial charge in [-0.15, -0.1) is 0 Å². The fraction of sp³-hybridized carbons (Fsp3) is 0.200. The highest BCUT2D eigenvalue weighted by Gasteiger charge is 2.14. The number of rotatable bonds is 4. The van der Waals surface area contributed by atoms with E-state index in [-0.39, 0.29) is 11.1 Å². The van der Waals surface area contributed by atoms with E-state index in [1.54, 1.807) is 7.11 Å². The summed E-state index contributed by atoms with van der Waals surface area (Å²) in [5.74, 6) is 0.232. The van der Waals surface area contributed by atoms with E-state index in [0.717, 1.165) is 15.9 Å². The molecule has 0 bridgehead atoms. The molecule has 2 rings (SSSR count). The van der Waals surface area contributed by atoms with Gasteiger partial charge in [0.15, 0.2) is 0 Å². The number of ether oxygens (including phenoxy) is 1. The third-order valence-electron chi connectivity index (χ3n) is 3.05. The Hall–Kier alpha value is -0.970. The Balaban J connectivity index is 2.30. The molecule has 0 aliphatic carbocycles. The SMILES string of the molecule is COc1ccc(Br)c(NC(C)c2cc(F)c(Cl)cc2Cl)c1. The summed E-state index contributed by atoms with van der Waals surface area (Å²) in [6, 6.07) is 8.11. The molecule has 6 heteroatoms. The van der Waals surface area contributed by atoms with Crippen LogP contribution in [0, 0.1) is 5.82 Å². The summed E-state index contributed by atoms with van der Waals surface area (Å²) in [5.41, 5.74) is 1.46. The molecule has 0 saturated heterocycles. The lowest BCUT2D eigenvalue weighted by Crippen LogP contribution is -2.08. The van der Waals surface area contributed by atoms with E-state index in [1.165, 1.54) is 12.1 Å². The summed E-state index contributed by atoms with van der Waals surface area (Å²) >= 11 is 15.3. The zero-order valence-electron chi connectivity index (χ0n) is 11.4. The summed E-state index contributed by atoms with van der Waals surface area (Å²) in [5, 5.41) is 3.70. The largest absolute Gasteiger partial charge is 0.497 e. The van der Waals surface area contributed by atoms with E-state index in [9.17, 15) is 4.39 Å². The second-order valence-electron chi connectivity index (χ2n) is 4.50. The molecule has 112 valence electrons. The first kappa shape index (κ1) is 16.4. The van der Waals surface area contributed by atoms with Crippen molar-refractivity contribution in [2.45, 2.75) is 13.0 Å². The maximum atomic E-state index is 13.6. The van der Waals surface area contributed by atoms with Gasteiger partial charge in [-0.3, -0.25) is 0 Å². The quantitative estimate of drug-likeness (QED) is 0.637. The second-order valence-corrected chi connectivity index (χ2v) is 6.17. The maximum absolute atomic E-state index is 13.6. The molecule has 1 N–H and O–H groups in total. The molecule has 0 aliphatic rings. The topological polar surface area (TPSA) is 21.3 Å². The van der Waals surface area contributed by atoms with E-state index in [0.29, 0.717) is 10.6 Å². The van der Waals surface area contributed by atoms with Crippen molar-refractivity contribution in [1.29, 1.82) is 0 Å². The highest BCUT2D eigenvalue weighted by atomic mass is 79.9. The van der Waals surface area contributed by atoms with Gasteiger partial charge in [-0.1, -0.05) is 23.2 Å². The first-order chi connectivity index (χ1) is 9.92. The van der Waals surface area contributed by atoms with E-state index in [2.05, 4.69) is 21.2 Å². The number of hydrogen-bond acceptors (Lipinski definition) is 2. The minimum absolute atomic E-state index is 0.0125. The normalized spacial score (nSPS) is 12.1. The van der Waals surface area contributed by atoms with Crippen molar-refractivity contribution in [3.05, 3.63) is 56.2 Å². The average Bonchev–Trinajstić information content (AvgIpc) is 2.45. The van der Waals surface area contributed by atoms with Gasteiger partial charge in [-0.2, -0.15) is 0 Å². The number of anilines is 1. The zero-order chi connectivity index (χ0) is 15.6. The number of benzene rings is 2. The summed E-state index contributed by atoms with van der Waals surface area (Å²) in [6.07, 6.45) is 0. The van der Waals surface area contributed by atoms with E-state index >= 15 is 0 Å². The van der Waals surface area contributed by atoms with Crippen LogP contribution in [0.5, 0.6) is 5.75 Å². The molecule has 0 fully saturated rings. The molecule has 0 amide bonds. The van der Waals surface area contributed by atoms with Crippen LogP contribution in [0.4, 0.5) is 10.1 Å². The Morgan fingerprint density at radius 2 is 1.90 bits per heavy atom. The van der Waals surface area contributed by atoms with Crippen molar-refractivity contribution >= 4 is 44.8 Å². The van der Waals surface area contributed by atoms with E-state index in [4.69, 9.17) is 27.9 Å². The third-order valence-corrected chi connectivity index (χ3v) is 4.36. The van der Waals surface area contributed by atoms with E-state index < -0.39 is 5.82 Å². The van der Waals surface area contributed by atoms with Crippen LogP contribution in [0.3, 0.4) is 0 Å². The van der Waals surface area contributed by atoms with Crippen LogP contribution >= 0.6 is 39.1 Å². The lowest BCUT2D eigenvalue weighted by Gasteiger charge is -2.19. The summed E-state index contributed by atoms with van der Waals surface area (Å²) in [4.78, 5) is 0. The van der Waals surface area contributed by atoms with Crippen LogP contribution in [0.2, 0.25) is 10.0 Å². The first-order valence-electron chi connectivity index (χ1n) is 6.17. The second kappa shape index (κ2) is 6.86. The Labute approximate surface area is 141 Å². The van der Waals surface area contributed by atoms with Crippen molar-refractivity contribution in [1.82, 2.24) is 0 Å². The van der Waals surface area contributed by atoms with Gasteiger partial charge in [0.2, 0.25) is 0 Å². The molecule has 0 aromatic heterocycles. The van der Waals surface area contributed by atoms with Crippen molar-refractivity contribution < 1.29 is 9.13 Å². The minimum Gasteiger partial charge on any atom is -0.497 e. The first-order valence-corrected chi connectivity index (χ1v) is 7.71. The van der Waals surface area contributed by atoms with E-state index in [1.807, 2.05) is 25.1 Å². The highest BCUT2D eigenvalue weighted by molar-refractivity contribution is 9.10. The molecule has 2 nitrogen and oxygen atoms in total. The number of nitrogens with one attached hydrogen (secondary N) is 1. The van der Waals surface area contributed by atoms with Crippen molar-refractivity contribution in [3.63, 3.8) is 0 Å². The molecule has 2 aromatic rings. The number of methoxy groups -OCH3 is 1. The van der Waals surface area contributed by atoms with Crippen LogP contribution in [0.25, 0.3) is 0 Å². The van der Waals surface area contributed by atoms with Crippen LogP contribution in [-0.2, 0) is 0 Å². The molecular formula is C15H13BrCl2FNO. The summed E-state index contributed by atoms with van der Waals surface area (Å²) in [7, 11) is 1.60. The van der Waals surface area contributed by atoms with Gasteiger partial charge >= 0.3 is 0 Å². The Bertz CT molecular complexity index is 666. The fourth-order valence-corrected chi connectivity index (χ4v) is 2.83.